The maximum absolute atomic E-state index is 12.5. The number of esters is 1. The Kier molecular flexibility index (Phi) is 13.2. The number of hydrogen-bond donors (Lipinski definition) is 4. The van der Waals surface area contributed by atoms with Gasteiger partial charge < -0.3 is 39.4 Å². The zero-order valence-corrected chi connectivity index (χ0v) is 29.0. The fourth-order valence-corrected chi connectivity index (χ4v) is 5.45. The number of hydrazone groups is 1. The van der Waals surface area contributed by atoms with Crippen molar-refractivity contribution in [3.63, 3.8) is 0 Å². The third-order valence-electron chi connectivity index (χ3n) is 7.23. The number of amides is 2. The van der Waals surface area contributed by atoms with Gasteiger partial charge in [-0.05, 0) is 67.8 Å². The number of benzene rings is 3. The first kappa shape index (κ1) is 36.9. The van der Waals surface area contributed by atoms with Crippen molar-refractivity contribution in [1.29, 1.82) is 0 Å². The monoisotopic (exact) mass is 712 g/mol. The van der Waals surface area contributed by atoms with Gasteiger partial charge in [-0.15, -0.1) is 6.58 Å². The third kappa shape index (κ3) is 9.59. The van der Waals surface area contributed by atoms with Crippen molar-refractivity contribution in [2.24, 2.45) is 5.10 Å². The number of carbonyl (C=O) groups excluding carboxylic acids is 2. The minimum absolute atomic E-state index is 0.182. The summed E-state index contributed by atoms with van der Waals surface area (Å²) in [6.45, 7) is 7.61. The summed E-state index contributed by atoms with van der Waals surface area (Å²) in [5.41, 5.74) is 6.12. The number of nitrogens with zero attached hydrogens (tertiary/aromatic N) is 1. The molecule has 12 nitrogen and oxygen atoms in total. The van der Waals surface area contributed by atoms with Crippen LogP contribution in [0, 0.1) is 0 Å². The molecule has 0 unspecified atom stereocenters. The standard InChI is InChI=1S/C35H38Cl2N4O8/c1-6-8-23-13-21(14-29(45-4)33(23)49-18-24-9-11-25(36)16-26(24)37)17-38-41-30(42)19-48-27-12-10-22(15-28(27)47-7-2)32-31(34(43)46-5)20(3)39-35(44)40-32/h6,9-17,30,32,41-42H,1,7-8,18-19H2,2-5H3,(H2,39,40,44)/b38-17-/t30-,32+/m0/s1. The predicted octanol–water partition coefficient (Wildman–Crippen LogP) is 5.83. The number of aliphatic hydroxyl groups is 1. The average molecular weight is 714 g/mol. The van der Waals surface area contributed by atoms with E-state index in [-0.39, 0.29) is 18.8 Å². The molecule has 0 spiro atoms. The maximum Gasteiger partial charge on any atom is 0.337 e. The second-order valence-corrected chi connectivity index (χ2v) is 11.5. The summed E-state index contributed by atoms with van der Waals surface area (Å²) in [5.74, 6) is 1.13. The summed E-state index contributed by atoms with van der Waals surface area (Å²) < 4.78 is 28.3. The lowest BCUT2D eigenvalue weighted by Gasteiger charge is -2.28. The molecule has 1 aliphatic heterocycles. The van der Waals surface area contributed by atoms with E-state index >= 15 is 0 Å². The predicted molar refractivity (Wildman–Crippen MR) is 187 cm³/mol. The molecule has 14 heteroatoms. The molecule has 0 aliphatic carbocycles. The van der Waals surface area contributed by atoms with Crippen molar-refractivity contribution < 1.29 is 38.4 Å². The number of rotatable bonds is 16. The molecule has 2 atom stereocenters. The molecule has 0 bridgehead atoms. The number of urea groups is 1. The first-order valence-electron chi connectivity index (χ1n) is 15.2. The Morgan fingerprint density at radius 3 is 2.55 bits per heavy atom. The highest BCUT2D eigenvalue weighted by Crippen LogP contribution is 2.36. The highest BCUT2D eigenvalue weighted by Gasteiger charge is 2.32. The molecule has 1 aliphatic rings. The van der Waals surface area contributed by atoms with Crippen LogP contribution in [-0.2, 0) is 22.6 Å². The van der Waals surface area contributed by atoms with Crippen molar-refractivity contribution in [2.75, 3.05) is 27.4 Å². The molecule has 49 heavy (non-hydrogen) atoms. The van der Waals surface area contributed by atoms with Crippen LogP contribution in [0.5, 0.6) is 23.0 Å². The fraction of sp³-hybridized carbons (Fsp3) is 0.286. The molecule has 0 aromatic heterocycles. The quantitative estimate of drug-likeness (QED) is 0.0473. The Hall–Kier alpha value is -4.91. The molecule has 0 fully saturated rings. The van der Waals surface area contributed by atoms with Gasteiger partial charge in [-0.3, -0.25) is 5.43 Å². The van der Waals surface area contributed by atoms with Crippen LogP contribution in [0.3, 0.4) is 0 Å². The van der Waals surface area contributed by atoms with E-state index in [2.05, 4.69) is 27.7 Å². The summed E-state index contributed by atoms with van der Waals surface area (Å²) in [6, 6.07) is 12.6. The van der Waals surface area contributed by atoms with E-state index in [9.17, 15) is 14.7 Å². The van der Waals surface area contributed by atoms with Gasteiger partial charge in [0.15, 0.2) is 29.2 Å². The summed E-state index contributed by atoms with van der Waals surface area (Å²) in [6.07, 6.45) is 2.58. The van der Waals surface area contributed by atoms with E-state index in [4.69, 9.17) is 46.9 Å². The lowest BCUT2D eigenvalue weighted by molar-refractivity contribution is -0.136. The van der Waals surface area contributed by atoms with E-state index in [1.165, 1.54) is 20.4 Å². The average Bonchev–Trinajstić information content (AvgIpc) is 3.07. The highest BCUT2D eigenvalue weighted by molar-refractivity contribution is 6.35. The van der Waals surface area contributed by atoms with Gasteiger partial charge in [0.25, 0.3) is 0 Å². The molecule has 1 heterocycles. The normalized spacial score (nSPS) is 14.8. The van der Waals surface area contributed by atoms with Crippen LogP contribution < -0.4 is 35.0 Å². The number of allylic oxidation sites excluding steroid dienone is 2. The fourth-order valence-electron chi connectivity index (χ4n) is 4.99. The molecule has 0 saturated carbocycles. The smallest absolute Gasteiger partial charge is 0.337 e. The van der Waals surface area contributed by atoms with Gasteiger partial charge >= 0.3 is 12.0 Å². The van der Waals surface area contributed by atoms with Gasteiger partial charge in [-0.25, -0.2) is 9.59 Å². The molecule has 3 aromatic rings. The van der Waals surface area contributed by atoms with Crippen molar-refractivity contribution in [3.05, 3.63) is 105 Å². The van der Waals surface area contributed by atoms with Crippen LogP contribution in [0.15, 0.2) is 77.6 Å². The number of hydrogen-bond acceptors (Lipinski definition) is 10. The Morgan fingerprint density at radius 2 is 1.86 bits per heavy atom. The van der Waals surface area contributed by atoms with Gasteiger partial charge in [0.1, 0.15) is 13.2 Å². The van der Waals surface area contributed by atoms with Crippen molar-refractivity contribution in [3.8, 4) is 23.0 Å². The Bertz CT molecular complexity index is 1750. The lowest BCUT2D eigenvalue weighted by Crippen LogP contribution is -2.45. The topological polar surface area (TPSA) is 149 Å². The minimum Gasteiger partial charge on any atom is -0.493 e. The number of aliphatic hydroxyl groups excluding tert-OH is 1. The number of nitrogens with one attached hydrogen (secondary N) is 3. The van der Waals surface area contributed by atoms with Crippen LogP contribution in [-0.4, -0.2) is 57.0 Å². The largest absolute Gasteiger partial charge is 0.493 e. The SMILES string of the molecule is C=CCc1cc(/C=N\N[C@@H](O)COc2ccc([C@H]3NC(=O)NC(C)=C3C(=O)OC)cc2OCC)cc(OC)c1OCc1ccc(Cl)cc1Cl. The number of carbonyl (C=O) groups is 2. The van der Waals surface area contributed by atoms with Crippen LogP contribution in [0.2, 0.25) is 10.0 Å². The first-order chi connectivity index (χ1) is 23.6. The van der Waals surface area contributed by atoms with E-state index in [0.29, 0.717) is 62.9 Å². The molecule has 0 saturated heterocycles. The van der Waals surface area contributed by atoms with Crippen molar-refractivity contribution >= 4 is 41.4 Å². The lowest BCUT2D eigenvalue weighted by atomic mass is 9.95. The second-order valence-electron chi connectivity index (χ2n) is 10.6. The summed E-state index contributed by atoms with van der Waals surface area (Å²) in [5, 5.41) is 21.1. The number of halogens is 2. The van der Waals surface area contributed by atoms with Gasteiger partial charge in [0.2, 0.25) is 0 Å². The first-order valence-corrected chi connectivity index (χ1v) is 15.9. The van der Waals surface area contributed by atoms with E-state index in [1.807, 2.05) is 6.07 Å². The van der Waals surface area contributed by atoms with Crippen LogP contribution in [0.1, 0.15) is 42.1 Å². The third-order valence-corrected chi connectivity index (χ3v) is 7.82. The Labute approximate surface area is 294 Å². The van der Waals surface area contributed by atoms with Gasteiger partial charge in [0, 0.05) is 26.9 Å². The van der Waals surface area contributed by atoms with Crippen LogP contribution in [0.4, 0.5) is 4.79 Å². The van der Waals surface area contributed by atoms with Gasteiger partial charge in [-0.2, -0.15) is 5.10 Å². The van der Waals surface area contributed by atoms with E-state index in [0.717, 1.165) is 11.1 Å². The zero-order chi connectivity index (χ0) is 35.5. The molecule has 4 rings (SSSR count). The zero-order valence-electron chi connectivity index (χ0n) is 27.5. The van der Waals surface area contributed by atoms with Gasteiger partial charge in [-0.1, -0.05) is 41.4 Å². The van der Waals surface area contributed by atoms with E-state index in [1.54, 1.807) is 62.4 Å². The maximum atomic E-state index is 12.5. The van der Waals surface area contributed by atoms with Crippen molar-refractivity contribution in [1.82, 2.24) is 16.1 Å². The summed E-state index contributed by atoms with van der Waals surface area (Å²) in [7, 11) is 2.81. The Morgan fingerprint density at radius 1 is 1.06 bits per heavy atom. The molecule has 4 N–H and O–H groups in total. The van der Waals surface area contributed by atoms with Crippen molar-refractivity contribution in [2.45, 2.75) is 39.1 Å². The molecule has 260 valence electrons. The number of ether oxygens (including phenoxy) is 5. The van der Waals surface area contributed by atoms with Gasteiger partial charge in [0.05, 0.1) is 38.7 Å². The summed E-state index contributed by atoms with van der Waals surface area (Å²) >= 11 is 12.3. The Balaban J connectivity index is 1.43. The highest BCUT2D eigenvalue weighted by atomic mass is 35.5. The summed E-state index contributed by atoms with van der Waals surface area (Å²) in [4.78, 5) is 24.7. The van der Waals surface area contributed by atoms with Crippen LogP contribution in [0.25, 0.3) is 0 Å². The molecular formula is C35H38Cl2N4O8. The number of methoxy groups -OCH3 is 2. The second kappa shape index (κ2) is 17.5. The van der Waals surface area contributed by atoms with E-state index < -0.39 is 24.3 Å². The molecule has 0 radical (unpaired) electrons. The minimum atomic E-state index is -1.19. The van der Waals surface area contributed by atoms with Crippen LogP contribution >= 0.6 is 23.2 Å². The molecular weight excluding hydrogens is 675 g/mol. The molecule has 3 aromatic carbocycles. The molecule has 2 amide bonds.